The summed E-state index contributed by atoms with van der Waals surface area (Å²) >= 11 is 0. The number of ether oxygens (including phenoxy) is 1. The SMILES string of the molecule is O=C(CCc1ccncc1)N1CCO[C@H](CCCc2ccccc2)C1. The first kappa shape index (κ1) is 17.6. The summed E-state index contributed by atoms with van der Waals surface area (Å²) in [7, 11) is 0. The molecular weight excluding hydrogens is 312 g/mol. The van der Waals surface area contributed by atoms with Crippen LogP contribution in [0.5, 0.6) is 0 Å². The van der Waals surface area contributed by atoms with Crippen LogP contribution in [0.4, 0.5) is 0 Å². The van der Waals surface area contributed by atoms with Gasteiger partial charge in [0.15, 0.2) is 0 Å². The molecule has 1 aliphatic rings. The Bertz CT molecular complexity index is 645. The Morgan fingerprint density at radius 1 is 1.08 bits per heavy atom. The predicted octanol–water partition coefficient (Wildman–Crippen LogP) is 3.26. The van der Waals surface area contributed by atoms with Crippen molar-refractivity contribution in [2.45, 2.75) is 38.2 Å². The van der Waals surface area contributed by atoms with Gasteiger partial charge >= 0.3 is 0 Å². The van der Waals surface area contributed by atoms with Crippen LogP contribution in [0.3, 0.4) is 0 Å². The molecule has 2 heterocycles. The minimum atomic E-state index is 0.169. The van der Waals surface area contributed by atoms with E-state index in [-0.39, 0.29) is 12.0 Å². The molecule has 1 aromatic carbocycles. The average Bonchev–Trinajstić information content (AvgIpc) is 2.68. The molecular formula is C21H26N2O2. The molecule has 2 aromatic rings. The van der Waals surface area contributed by atoms with E-state index in [4.69, 9.17) is 4.74 Å². The highest BCUT2D eigenvalue weighted by Crippen LogP contribution is 2.15. The van der Waals surface area contributed by atoms with Gasteiger partial charge in [0.05, 0.1) is 12.7 Å². The van der Waals surface area contributed by atoms with Gasteiger partial charge in [-0.1, -0.05) is 30.3 Å². The minimum Gasteiger partial charge on any atom is -0.375 e. The average molecular weight is 338 g/mol. The Morgan fingerprint density at radius 2 is 1.84 bits per heavy atom. The maximum Gasteiger partial charge on any atom is 0.223 e. The largest absolute Gasteiger partial charge is 0.375 e. The quantitative estimate of drug-likeness (QED) is 0.778. The molecule has 1 amide bonds. The van der Waals surface area contributed by atoms with Crippen molar-refractivity contribution in [3.05, 3.63) is 66.0 Å². The van der Waals surface area contributed by atoms with Crippen LogP contribution in [0.1, 0.15) is 30.4 Å². The molecule has 1 aliphatic heterocycles. The lowest BCUT2D eigenvalue weighted by Crippen LogP contribution is -2.45. The van der Waals surface area contributed by atoms with Crippen LogP contribution in [-0.2, 0) is 22.4 Å². The third kappa shape index (κ3) is 5.68. The van der Waals surface area contributed by atoms with Crippen LogP contribution in [-0.4, -0.2) is 41.6 Å². The smallest absolute Gasteiger partial charge is 0.223 e. The lowest BCUT2D eigenvalue weighted by atomic mass is 10.0. The summed E-state index contributed by atoms with van der Waals surface area (Å²) in [5.74, 6) is 0.230. The molecule has 0 spiro atoms. The number of carbonyl (C=O) groups excluding carboxylic acids is 1. The van der Waals surface area contributed by atoms with E-state index in [1.807, 2.05) is 23.1 Å². The van der Waals surface area contributed by atoms with Gasteiger partial charge in [0.1, 0.15) is 0 Å². The zero-order valence-electron chi connectivity index (χ0n) is 14.6. The Kier molecular flexibility index (Phi) is 6.57. The highest BCUT2D eigenvalue weighted by molar-refractivity contribution is 5.76. The Labute approximate surface area is 149 Å². The van der Waals surface area contributed by atoms with Gasteiger partial charge in [-0.05, 0) is 48.9 Å². The van der Waals surface area contributed by atoms with E-state index in [1.165, 1.54) is 5.56 Å². The second-order valence-corrected chi connectivity index (χ2v) is 6.57. The van der Waals surface area contributed by atoms with Crippen molar-refractivity contribution >= 4 is 5.91 Å². The summed E-state index contributed by atoms with van der Waals surface area (Å²) in [6.45, 7) is 2.09. The molecule has 0 aliphatic carbocycles. The number of aryl methyl sites for hydroxylation is 2. The fourth-order valence-electron chi connectivity index (χ4n) is 3.26. The third-order valence-corrected chi connectivity index (χ3v) is 4.70. The van der Waals surface area contributed by atoms with Gasteiger partial charge in [0.25, 0.3) is 0 Å². The maximum absolute atomic E-state index is 12.5. The van der Waals surface area contributed by atoms with Gasteiger partial charge in [-0.3, -0.25) is 9.78 Å². The standard InChI is InChI=1S/C21H26N2O2/c24-21(10-9-19-11-13-22-14-12-19)23-15-16-25-20(17-23)8-4-7-18-5-2-1-3-6-18/h1-3,5-6,11-14,20H,4,7-10,15-17H2/t20-/m1/s1. The number of morpholine rings is 1. The minimum absolute atomic E-state index is 0.169. The molecule has 0 N–H and O–H groups in total. The monoisotopic (exact) mass is 338 g/mol. The highest BCUT2D eigenvalue weighted by atomic mass is 16.5. The topological polar surface area (TPSA) is 42.4 Å². The first-order chi connectivity index (χ1) is 12.3. The van der Waals surface area contributed by atoms with Gasteiger partial charge < -0.3 is 9.64 Å². The van der Waals surface area contributed by atoms with Crippen LogP contribution >= 0.6 is 0 Å². The number of rotatable bonds is 7. The third-order valence-electron chi connectivity index (χ3n) is 4.70. The molecule has 1 saturated heterocycles. The van der Waals surface area contributed by atoms with Crippen LogP contribution < -0.4 is 0 Å². The van der Waals surface area contributed by atoms with Crippen molar-refractivity contribution in [3.8, 4) is 0 Å². The zero-order chi connectivity index (χ0) is 17.3. The normalized spacial score (nSPS) is 17.4. The molecule has 1 aromatic heterocycles. The van der Waals surface area contributed by atoms with Gasteiger partial charge in [0.2, 0.25) is 5.91 Å². The summed E-state index contributed by atoms with van der Waals surface area (Å²) in [4.78, 5) is 18.4. The van der Waals surface area contributed by atoms with E-state index in [2.05, 4.69) is 29.2 Å². The van der Waals surface area contributed by atoms with Crippen LogP contribution in [0.15, 0.2) is 54.9 Å². The van der Waals surface area contributed by atoms with Crippen molar-refractivity contribution < 1.29 is 9.53 Å². The molecule has 0 radical (unpaired) electrons. The van der Waals surface area contributed by atoms with E-state index in [9.17, 15) is 4.79 Å². The van der Waals surface area contributed by atoms with E-state index in [0.717, 1.165) is 37.8 Å². The molecule has 1 fully saturated rings. The molecule has 132 valence electrons. The molecule has 3 rings (SSSR count). The Balaban J connectivity index is 1.40. The van der Waals surface area contributed by atoms with Crippen molar-refractivity contribution in [3.63, 3.8) is 0 Å². The van der Waals surface area contributed by atoms with Gasteiger partial charge in [-0.2, -0.15) is 0 Å². The van der Waals surface area contributed by atoms with Crippen molar-refractivity contribution in [1.82, 2.24) is 9.88 Å². The summed E-state index contributed by atoms with van der Waals surface area (Å²) in [6.07, 6.45) is 8.21. The summed E-state index contributed by atoms with van der Waals surface area (Å²) in [5.41, 5.74) is 2.53. The zero-order valence-corrected chi connectivity index (χ0v) is 14.6. The van der Waals surface area contributed by atoms with E-state index < -0.39 is 0 Å². The maximum atomic E-state index is 12.5. The predicted molar refractivity (Wildman–Crippen MR) is 98.3 cm³/mol. The lowest BCUT2D eigenvalue weighted by molar-refractivity contribution is -0.139. The van der Waals surface area contributed by atoms with E-state index >= 15 is 0 Å². The van der Waals surface area contributed by atoms with Gasteiger partial charge in [0, 0.05) is 31.9 Å². The Hall–Kier alpha value is -2.20. The Morgan fingerprint density at radius 3 is 2.64 bits per heavy atom. The molecule has 4 nitrogen and oxygen atoms in total. The number of nitrogens with zero attached hydrogens (tertiary/aromatic N) is 2. The van der Waals surface area contributed by atoms with Gasteiger partial charge in [-0.25, -0.2) is 0 Å². The lowest BCUT2D eigenvalue weighted by Gasteiger charge is -2.33. The van der Waals surface area contributed by atoms with Crippen LogP contribution in [0.2, 0.25) is 0 Å². The molecule has 0 unspecified atom stereocenters. The fourth-order valence-corrected chi connectivity index (χ4v) is 3.26. The molecule has 4 heteroatoms. The van der Waals surface area contributed by atoms with E-state index in [1.54, 1.807) is 12.4 Å². The number of benzene rings is 1. The fraction of sp³-hybridized carbons (Fsp3) is 0.429. The molecule has 25 heavy (non-hydrogen) atoms. The van der Waals surface area contributed by atoms with Crippen molar-refractivity contribution in [1.29, 1.82) is 0 Å². The summed E-state index contributed by atoms with van der Waals surface area (Å²) in [5, 5.41) is 0. The number of hydrogen-bond donors (Lipinski definition) is 0. The number of aromatic nitrogens is 1. The van der Waals surface area contributed by atoms with E-state index in [0.29, 0.717) is 19.6 Å². The van der Waals surface area contributed by atoms with Gasteiger partial charge in [-0.15, -0.1) is 0 Å². The van der Waals surface area contributed by atoms with Crippen molar-refractivity contribution in [2.24, 2.45) is 0 Å². The first-order valence-corrected chi connectivity index (χ1v) is 9.13. The summed E-state index contributed by atoms with van der Waals surface area (Å²) < 4.78 is 5.86. The molecule has 0 bridgehead atoms. The first-order valence-electron chi connectivity index (χ1n) is 9.13. The number of amides is 1. The number of hydrogen-bond acceptors (Lipinski definition) is 3. The molecule has 1 atom stereocenters. The highest BCUT2D eigenvalue weighted by Gasteiger charge is 2.23. The van der Waals surface area contributed by atoms with Crippen LogP contribution in [0, 0.1) is 0 Å². The summed E-state index contributed by atoms with van der Waals surface area (Å²) in [6, 6.07) is 14.5. The van der Waals surface area contributed by atoms with Crippen molar-refractivity contribution in [2.75, 3.05) is 19.7 Å². The van der Waals surface area contributed by atoms with Crippen LogP contribution in [0.25, 0.3) is 0 Å². The second kappa shape index (κ2) is 9.33. The number of pyridine rings is 1. The second-order valence-electron chi connectivity index (χ2n) is 6.57. The molecule has 0 saturated carbocycles. The number of carbonyl (C=O) groups is 1.